The first kappa shape index (κ1) is 16.0. The molecule has 0 radical (unpaired) electrons. The molecule has 96 valence electrons. The molecule has 1 aromatic carbocycles. The lowest BCUT2D eigenvalue weighted by Gasteiger charge is -2.08. The number of methoxy groups -OCH3 is 1. The second kappa shape index (κ2) is 8.16. The van der Waals surface area contributed by atoms with E-state index in [-0.39, 0.29) is 23.0 Å². The van der Waals surface area contributed by atoms with Gasteiger partial charge >= 0.3 is 6.03 Å². The molecule has 17 heavy (non-hydrogen) atoms. The second-order valence-electron chi connectivity index (χ2n) is 3.02. The Morgan fingerprint density at radius 3 is 2.76 bits per heavy atom. The van der Waals surface area contributed by atoms with Gasteiger partial charge in [-0.3, -0.25) is 0 Å². The Bertz CT molecular complexity index is 377. The van der Waals surface area contributed by atoms with Crippen LogP contribution in [0.2, 0.25) is 5.02 Å². The Kier molecular flexibility index (Phi) is 7.69. The van der Waals surface area contributed by atoms with E-state index in [1.54, 1.807) is 18.2 Å². The Morgan fingerprint density at radius 2 is 2.24 bits per heavy atom. The highest BCUT2D eigenvalue weighted by atomic mass is 79.9. The van der Waals surface area contributed by atoms with Crippen molar-refractivity contribution < 1.29 is 9.53 Å². The van der Waals surface area contributed by atoms with Gasteiger partial charge in [0.05, 0.1) is 12.1 Å². The number of halogens is 2. The van der Waals surface area contributed by atoms with Crippen LogP contribution in [0.25, 0.3) is 0 Å². The van der Waals surface area contributed by atoms with E-state index in [1.165, 1.54) is 7.11 Å². The van der Waals surface area contributed by atoms with Gasteiger partial charge in [-0.25, -0.2) is 4.79 Å². The van der Waals surface area contributed by atoms with Crippen LogP contribution < -0.4 is 21.1 Å². The number of amides is 2. The summed E-state index contributed by atoms with van der Waals surface area (Å²) in [5, 5.41) is 5.65. The standard InChI is InChI=1S/C10H14ClN3O2.BrH/c1-16-9-3-2-7(6-8(9)11)14-10(15)13-5-4-12;/h2-3,6H,4-5,12H2,1H3,(H2,13,14,15);1H. The van der Waals surface area contributed by atoms with Crippen molar-refractivity contribution in [3.05, 3.63) is 23.2 Å². The zero-order chi connectivity index (χ0) is 12.0. The van der Waals surface area contributed by atoms with Gasteiger partial charge in [0.15, 0.2) is 0 Å². The third kappa shape index (κ3) is 5.25. The highest BCUT2D eigenvalue weighted by molar-refractivity contribution is 8.93. The van der Waals surface area contributed by atoms with Crippen LogP contribution in [0.5, 0.6) is 5.75 Å². The number of carbonyl (C=O) groups is 1. The van der Waals surface area contributed by atoms with E-state index < -0.39 is 0 Å². The molecule has 0 fully saturated rings. The molecule has 5 nitrogen and oxygen atoms in total. The largest absolute Gasteiger partial charge is 0.495 e. The van der Waals surface area contributed by atoms with E-state index in [0.717, 1.165) is 0 Å². The predicted molar refractivity (Wildman–Crippen MR) is 74.4 cm³/mol. The number of urea groups is 1. The van der Waals surface area contributed by atoms with Gasteiger partial charge in [0.2, 0.25) is 0 Å². The van der Waals surface area contributed by atoms with Crippen molar-refractivity contribution in [3.8, 4) is 5.75 Å². The molecule has 0 aliphatic rings. The van der Waals surface area contributed by atoms with Crippen LogP contribution in [0.1, 0.15) is 0 Å². The van der Waals surface area contributed by atoms with Gasteiger partial charge in [0, 0.05) is 18.8 Å². The molecule has 0 aliphatic heterocycles. The lowest BCUT2D eigenvalue weighted by atomic mass is 10.3. The van der Waals surface area contributed by atoms with E-state index in [9.17, 15) is 4.79 Å². The first-order chi connectivity index (χ1) is 7.67. The molecule has 0 aromatic heterocycles. The van der Waals surface area contributed by atoms with Gasteiger partial charge in [-0.2, -0.15) is 0 Å². The van der Waals surface area contributed by atoms with Crippen molar-refractivity contribution in [2.45, 2.75) is 0 Å². The van der Waals surface area contributed by atoms with Gasteiger partial charge in [-0.05, 0) is 18.2 Å². The molecular weight excluding hydrogens is 309 g/mol. The molecule has 0 aliphatic carbocycles. The maximum absolute atomic E-state index is 11.3. The number of hydrogen-bond acceptors (Lipinski definition) is 3. The lowest BCUT2D eigenvalue weighted by Crippen LogP contribution is -2.32. The zero-order valence-corrected chi connectivity index (χ0v) is 11.8. The van der Waals surface area contributed by atoms with E-state index >= 15 is 0 Å². The number of anilines is 1. The summed E-state index contributed by atoms with van der Waals surface area (Å²) >= 11 is 5.90. The third-order valence-electron chi connectivity index (χ3n) is 1.84. The van der Waals surface area contributed by atoms with Crippen LogP contribution in [0, 0.1) is 0 Å². The summed E-state index contributed by atoms with van der Waals surface area (Å²) in [4.78, 5) is 11.3. The van der Waals surface area contributed by atoms with Crippen molar-refractivity contribution in [3.63, 3.8) is 0 Å². The molecule has 7 heteroatoms. The average molecular weight is 325 g/mol. The highest BCUT2D eigenvalue weighted by Gasteiger charge is 2.04. The van der Waals surface area contributed by atoms with Crippen molar-refractivity contribution in [1.82, 2.24) is 5.32 Å². The van der Waals surface area contributed by atoms with E-state index in [0.29, 0.717) is 29.5 Å². The van der Waals surface area contributed by atoms with Crippen LogP contribution in [-0.4, -0.2) is 26.2 Å². The number of rotatable bonds is 4. The molecule has 0 saturated carbocycles. The smallest absolute Gasteiger partial charge is 0.319 e. The SMILES string of the molecule is Br.COc1ccc(NC(=O)NCCN)cc1Cl. The molecule has 4 N–H and O–H groups in total. The quantitative estimate of drug-likeness (QED) is 0.793. The Morgan fingerprint density at radius 1 is 1.53 bits per heavy atom. The monoisotopic (exact) mass is 323 g/mol. The van der Waals surface area contributed by atoms with E-state index in [2.05, 4.69) is 10.6 Å². The molecule has 0 unspecified atom stereocenters. The number of carbonyl (C=O) groups excluding carboxylic acids is 1. The van der Waals surface area contributed by atoms with Crippen molar-refractivity contribution in [2.75, 3.05) is 25.5 Å². The number of ether oxygens (including phenoxy) is 1. The molecule has 1 rings (SSSR count). The molecular formula is C10H15BrClN3O2. The Labute approximate surface area is 115 Å². The molecule has 1 aromatic rings. The lowest BCUT2D eigenvalue weighted by molar-refractivity contribution is 0.252. The van der Waals surface area contributed by atoms with Gasteiger partial charge < -0.3 is 21.1 Å². The predicted octanol–water partition coefficient (Wildman–Crippen LogP) is 2.01. The van der Waals surface area contributed by atoms with Crippen LogP contribution in [0.4, 0.5) is 10.5 Å². The maximum Gasteiger partial charge on any atom is 0.319 e. The van der Waals surface area contributed by atoms with Crippen LogP contribution >= 0.6 is 28.6 Å². The molecule has 0 heterocycles. The fourth-order valence-corrected chi connectivity index (χ4v) is 1.36. The van der Waals surface area contributed by atoms with Crippen LogP contribution in [-0.2, 0) is 0 Å². The average Bonchev–Trinajstić information content (AvgIpc) is 2.26. The van der Waals surface area contributed by atoms with E-state index in [4.69, 9.17) is 22.1 Å². The summed E-state index contributed by atoms with van der Waals surface area (Å²) in [6.45, 7) is 0.826. The van der Waals surface area contributed by atoms with Crippen molar-refractivity contribution in [2.24, 2.45) is 5.73 Å². The molecule has 0 bridgehead atoms. The summed E-state index contributed by atoms with van der Waals surface area (Å²) < 4.78 is 4.99. The van der Waals surface area contributed by atoms with Crippen LogP contribution in [0.15, 0.2) is 18.2 Å². The zero-order valence-electron chi connectivity index (χ0n) is 9.33. The highest BCUT2D eigenvalue weighted by Crippen LogP contribution is 2.26. The minimum Gasteiger partial charge on any atom is -0.495 e. The minimum atomic E-state index is -0.313. The molecule has 0 atom stereocenters. The Balaban J connectivity index is 0.00000256. The number of benzene rings is 1. The van der Waals surface area contributed by atoms with E-state index in [1.807, 2.05) is 0 Å². The fourth-order valence-electron chi connectivity index (χ4n) is 1.11. The first-order valence-corrected chi connectivity index (χ1v) is 5.13. The Hall–Kier alpha value is -0.980. The normalized spacial score (nSPS) is 9.12. The summed E-state index contributed by atoms with van der Waals surface area (Å²) in [6.07, 6.45) is 0. The van der Waals surface area contributed by atoms with Gasteiger partial charge in [0.1, 0.15) is 5.75 Å². The van der Waals surface area contributed by atoms with Gasteiger partial charge in [-0.15, -0.1) is 17.0 Å². The first-order valence-electron chi connectivity index (χ1n) is 4.76. The summed E-state index contributed by atoms with van der Waals surface area (Å²) in [7, 11) is 1.53. The van der Waals surface area contributed by atoms with Crippen molar-refractivity contribution >= 4 is 40.3 Å². The molecule has 0 spiro atoms. The van der Waals surface area contributed by atoms with Gasteiger partial charge in [0.25, 0.3) is 0 Å². The number of nitrogens with one attached hydrogen (secondary N) is 2. The number of hydrogen-bond donors (Lipinski definition) is 3. The summed E-state index contributed by atoms with van der Waals surface area (Å²) in [5.41, 5.74) is 5.85. The summed E-state index contributed by atoms with van der Waals surface area (Å²) in [6, 6.07) is 4.68. The third-order valence-corrected chi connectivity index (χ3v) is 2.13. The fraction of sp³-hybridized carbons (Fsp3) is 0.300. The maximum atomic E-state index is 11.3. The van der Waals surface area contributed by atoms with Crippen LogP contribution in [0.3, 0.4) is 0 Å². The second-order valence-corrected chi connectivity index (χ2v) is 3.43. The molecule has 0 saturated heterocycles. The van der Waals surface area contributed by atoms with Gasteiger partial charge in [-0.1, -0.05) is 11.6 Å². The summed E-state index contributed by atoms with van der Waals surface area (Å²) in [5.74, 6) is 0.564. The van der Waals surface area contributed by atoms with Crippen molar-refractivity contribution in [1.29, 1.82) is 0 Å². The topological polar surface area (TPSA) is 76.4 Å². The molecule has 2 amide bonds. The number of nitrogens with two attached hydrogens (primary N) is 1. The minimum absolute atomic E-state index is 0.